The molecule has 0 bridgehead atoms. The molecule has 2 rings (SSSR count). The number of rotatable bonds is 4. The summed E-state index contributed by atoms with van der Waals surface area (Å²) in [7, 11) is 0. The monoisotopic (exact) mass is 297 g/mol. The van der Waals surface area contributed by atoms with Gasteiger partial charge in [-0.15, -0.1) is 0 Å². The molecule has 1 aromatic carbocycles. The van der Waals surface area contributed by atoms with Crippen LogP contribution in [-0.2, 0) is 0 Å². The van der Waals surface area contributed by atoms with E-state index < -0.39 is 5.82 Å². The lowest BCUT2D eigenvalue weighted by atomic mass is 9.83. The van der Waals surface area contributed by atoms with E-state index in [1.807, 2.05) is 0 Å². The number of nitrogens with one attached hydrogen (secondary N) is 1. The van der Waals surface area contributed by atoms with E-state index in [0.717, 1.165) is 19.3 Å². The van der Waals surface area contributed by atoms with Crippen LogP contribution in [0.25, 0.3) is 0 Å². The van der Waals surface area contributed by atoms with Crippen LogP contribution < -0.4 is 5.32 Å². The first-order chi connectivity index (χ1) is 9.61. The molecule has 1 N–H and O–H groups in total. The molecule has 1 unspecified atom stereocenters. The summed E-state index contributed by atoms with van der Waals surface area (Å²) in [6, 6.07) is 4.20. The quantitative estimate of drug-likeness (QED) is 0.866. The van der Waals surface area contributed by atoms with Crippen LogP contribution in [0, 0.1) is 11.7 Å². The second-order valence-corrected chi connectivity index (χ2v) is 5.95. The second-order valence-electron chi connectivity index (χ2n) is 5.51. The van der Waals surface area contributed by atoms with E-state index in [1.54, 1.807) is 0 Å². The van der Waals surface area contributed by atoms with Crippen LogP contribution in [0.1, 0.15) is 55.8 Å². The van der Waals surface area contributed by atoms with Crippen molar-refractivity contribution in [3.8, 4) is 0 Å². The van der Waals surface area contributed by atoms with Gasteiger partial charge >= 0.3 is 0 Å². The summed E-state index contributed by atoms with van der Waals surface area (Å²) in [5, 5.41) is 3.36. The summed E-state index contributed by atoms with van der Waals surface area (Å²) in [6.07, 6.45) is 6.90. The molecule has 0 aromatic heterocycles. The predicted molar refractivity (Wildman–Crippen MR) is 79.5 cm³/mol. The van der Waals surface area contributed by atoms with Crippen LogP contribution in [0.5, 0.6) is 0 Å². The van der Waals surface area contributed by atoms with Gasteiger partial charge in [0, 0.05) is 11.1 Å². The first-order valence-electron chi connectivity index (χ1n) is 7.37. The fourth-order valence-electron chi connectivity index (χ4n) is 3.01. The summed E-state index contributed by atoms with van der Waals surface area (Å²) in [5.74, 6) is -0.368. The van der Waals surface area contributed by atoms with Crippen molar-refractivity contribution in [1.29, 1.82) is 0 Å². The van der Waals surface area contributed by atoms with Crippen LogP contribution in [-0.4, -0.2) is 11.9 Å². The molecule has 1 aliphatic carbocycles. The maximum absolute atomic E-state index is 13.7. The van der Waals surface area contributed by atoms with Crippen LogP contribution in [0.15, 0.2) is 18.2 Å². The molecule has 20 heavy (non-hydrogen) atoms. The number of carbonyl (C=O) groups is 1. The van der Waals surface area contributed by atoms with E-state index in [9.17, 15) is 9.18 Å². The Morgan fingerprint density at radius 3 is 2.75 bits per heavy atom. The van der Waals surface area contributed by atoms with Crippen molar-refractivity contribution in [2.24, 2.45) is 5.92 Å². The summed E-state index contributed by atoms with van der Waals surface area (Å²) in [4.78, 5) is 12.2. The van der Waals surface area contributed by atoms with Crippen molar-refractivity contribution in [3.63, 3.8) is 0 Å². The highest BCUT2D eigenvalue weighted by Gasteiger charge is 2.25. The van der Waals surface area contributed by atoms with Gasteiger partial charge in [0.25, 0.3) is 5.91 Å². The third kappa shape index (κ3) is 3.72. The van der Waals surface area contributed by atoms with E-state index in [-0.39, 0.29) is 17.5 Å². The van der Waals surface area contributed by atoms with Gasteiger partial charge in [0.15, 0.2) is 0 Å². The Bertz CT molecular complexity index is 472. The molecular formula is C16H21ClFNO. The molecule has 0 spiro atoms. The summed E-state index contributed by atoms with van der Waals surface area (Å²) < 4.78 is 13.7. The predicted octanol–water partition coefficient (Wildman–Crippen LogP) is 4.57. The highest BCUT2D eigenvalue weighted by Crippen LogP contribution is 2.28. The summed E-state index contributed by atoms with van der Waals surface area (Å²) in [5.41, 5.74) is 0.0340. The Balaban J connectivity index is 2.06. The smallest absolute Gasteiger partial charge is 0.254 e. The number of halogens is 2. The van der Waals surface area contributed by atoms with Crippen LogP contribution in [0.3, 0.4) is 0 Å². The summed E-state index contributed by atoms with van der Waals surface area (Å²) >= 11 is 5.83. The zero-order chi connectivity index (χ0) is 14.5. The van der Waals surface area contributed by atoms with Crippen molar-refractivity contribution >= 4 is 17.5 Å². The number of carbonyl (C=O) groups excluding carboxylic acids is 1. The average Bonchev–Trinajstić information content (AvgIpc) is 2.48. The van der Waals surface area contributed by atoms with Crippen molar-refractivity contribution in [2.75, 3.05) is 0 Å². The third-order valence-electron chi connectivity index (χ3n) is 4.15. The standard InChI is InChI=1S/C16H21ClFNO/c1-2-15(11-6-4-3-5-7-11)19-16(20)13-10-12(17)8-9-14(13)18/h8-11,15H,2-7H2,1H3,(H,19,20). The molecule has 110 valence electrons. The Kier molecular flexibility index (Phi) is 5.41. The molecule has 1 aliphatic rings. The van der Waals surface area contributed by atoms with Crippen molar-refractivity contribution in [2.45, 2.75) is 51.5 Å². The van der Waals surface area contributed by atoms with Gasteiger partial charge in [-0.1, -0.05) is 37.8 Å². The van der Waals surface area contributed by atoms with Gasteiger partial charge in [0.05, 0.1) is 5.56 Å². The SMILES string of the molecule is CCC(NC(=O)c1cc(Cl)ccc1F)C1CCCCC1. The Labute approximate surface area is 124 Å². The zero-order valence-corrected chi connectivity index (χ0v) is 12.5. The fourth-order valence-corrected chi connectivity index (χ4v) is 3.18. The topological polar surface area (TPSA) is 29.1 Å². The van der Waals surface area contributed by atoms with Crippen LogP contribution in [0.2, 0.25) is 5.02 Å². The molecule has 1 amide bonds. The Morgan fingerprint density at radius 1 is 1.40 bits per heavy atom. The highest BCUT2D eigenvalue weighted by atomic mass is 35.5. The second kappa shape index (κ2) is 7.07. The van der Waals surface area contributed by atoms with Gasteiger partial charge in [0.1, 0.15) is 5.82 Å². The largest absolute Gasteiger partial charge is 0.349 e. The minimum Gasteiger partial charge on any atom is -0.349 e. The minimum absolute atomic E-state index is 0.0340. The number of hydrogen-bond acceptors (Lipinski definition) is 1. The van der Waals surface area contributed by atoms with E-state index >= 15 is 0 Å². The molecule has 0 radical (unpaired) electrons. The zero-order valence-electron chi connectivity index (χ0n) is 11.8. The molecule has 1 aromatic rings. The van der Waals surface area contributed by atoms with E-state index in [0.29, 0.717) is 10.9 Å². The first-order valence-corrected chi connectivity index (χ1v) is 7.75. The molecule has 4 heteroatoms. The third-order valence-corrected chi connectivity index (χ3v) is 4.38. The Hall–Kier alpha value is -1.09. The van der Waals surface area contributed by atoms with E-state index in [2.05, 4.69) is 12.2 Å². The molecule has 1 atom stereocenters. The van der Waals surface area contributed by atoms with Gasteiger partial charge in [-0.05, 0) is 43.4 Å². The van der Waals surface area contributed by atoms with Crippen LogP contribution >= 0.6 is 11.6 Å². The van der Waals surface area contributed by atoms with Crippen LogP contribution in [0.4, 0.5) is 4.39 Å². The van der Waals surface area contributed by atoms with Gasteiger partial charge in [-0.25, -0.2) is 4.39 Å². The lowest BCUT2D eigenvalue weighted by Gasteiger charge is -2.30. The molecule has 1 fully saturated rings. The number of benzene rings is 1. The van der Waals surface area contributed by atoms with E-state index in [1.165, 1.54) is 37.5 Å². The normalized spacial score (nSPS) is 17.8. The molecule has 1 saturated carbocycles. The van der Waals surface area contributed by atoms with Gasteiger partial charge in [-0.3, -0.25) is 4.79 Å². The van der Waals surface area contributed by atoms with Crippen molar-refractivity contribution < 1.29 is 9.18 Å². The lowest BCUT2D eigenvalue weighted by molar-refractivity contribution is 0.0907. The summed E-state index contributed by atoms with van der Waals surface area (Å²) in [6.45, 7) is 2.06. The van der Waals surface area contributed by atoms with Gasteiger partial charge in [-0.2, -0.15) is 0 Å². The van der Waals surface area contributed by atoms with Gasteiger partial charge in [0.2, 0.25) is 0 Å². The van der Waals surface area contributed by atoms with E-state index in [4.69, 9.17) is 11.6 Å². The minimum atomic E-state index is -0.523. The molecule has 0 aliphatic heterocycles. The van der Waals surface area contributed by atoms with Gasteiger partial charge < -0.3 is 5.32 Å². The molecular weight excluding hydrogens is 277 g/mol. The maximum Gasteiger partial charge on any atom is 0.254 e. The number of hydrogen-bond donors (Lipinski definition) is 1. The van der Waals surface area contributed by atoms with Crippen molar-refractivity contribution in [3.05, 3.63) is 34.6 Å². The van der Waals surface area contributed by atoms with Crippen molar-refractivity contribution in [1.82, 2.24) is 5.32 Å². The highest BCUT2D eigenvalue weighted by molar-refractivity contribution is 6.31. The average molecular weight is 298 g/mol. The molecule has 2 nitrogen and oxygen atoms in total. The lowest BCUT2D eigenvalue weighted by Crippen LogP contribution is -2.41. The maximum atomic E-state index is 13.7. The fraction of sp³-hybridized carbons (Fsp3) is 0.562. The molecule has 0 saturated heterocycles. The Morgan fingerprint density at radius 2 is 2.10 bits per heavy atom. The first kappa shape index (κ1) is 15.3. The molecule has 0 heterocycles. The number of amides is 1.